The van der Waals surface area contributed by atoms with Crippen LogP contribution in [0.25, 0.3) is 0 Å². The molecule has 0 unspecified atom stereocenters. The number of methoxy groups -OCH3 is 1. The molecule has 1 saturated carbocycles. The molecular weight excluding hydrogens is 346 g/mol. The van der Waals surface area contributed by atoms with Gasteiger partial charge in [0, 0.05) is 18.1 Å². The molecule has 0 saturated heterocycles. The molecule has 1 fully saturated rings. The van der Waals surface area contributed by atoms with Crippen LogP contribution in [0.2, 0.25) is 0 Å². The van der Waals surface area contributed by atoms with Crippen LogP contribution in [0.5, 0.6) is 0 Å². The maximum Gasteiger partial charge on any atom is 0.241 e. The topological polar surface area (TPSA) is 75.6 Å². The minimum absolute atomic E-state index is 0.126. The summed E-state index contributed by atoms with van der Waals surface area (Å²) in [4.78, 5) is 0.167. The lowest BCUT2D eigenvalue weighted by atomic mass is 9.80. The lowest BCUT2D eigenvalue weighted by Gasteiger charge is -2.40. The van der Waals surface area contributed by atoms with Crippen LogP contribution in [0.4, 0.5) is 0 Å². The summed E-state index contributed by atoms with van der Waals surface area (Å²) in [6.45, 7) is 0.152. The fourth-order valence-corrected chi connectivity index (χ4v) is 4.43. The largest absolute Gasteiger partial charge is 0.392 e. The van der Waals surface area contributed by atoms with Crippen LogP contribution in [-0.4, -0.2) is 32.8 Å². The highest BCUT2D eigenvalue weighted by Gasteiger charge is 2.38. The number of halogens is 1. The van der Waals surface area contributed by atoms with E-state index in [1.807, 2.05) is 0 Å². The molecule has 20 heavy (non-hydrogen) atoms. The maximum absolute atomic E-state index is 12.3. The summed E-state index contributed by atoms with van der Waals surface area (Å²) in [5.74, 6) is 0. The number of aliphatic hydroxyl groups excluding tert-OH is 1. The Morgan fingerprint density at radius 3 is 2.60 bits per heavy atom. The SMILES string of the molecule is COC1(CNS(=O)(=O)c2ccc(CO)cc2Br)CCC1. The molecule has 7 heteroatoms. The van der Waals surface area contributed by atoms with Gasteiger partial charge in [-0.1, -0.05) is 6.07 Å². The van der Waals surface area contributed by atoms with Gasteiger partial charge in [-0.3, -0.25) is 0 Å². The Balaban J connectivity index is 2.14. The zero-order valence-corrected chi connectivity index (χ0v) is 13.6. The van der Waals surface area contributed by atoms with Gasteiger partial charge in [0.05, 0.1) is 17.1 Å². The van der Waals surface area contributed by atoms with E-state index in [4.69, 9.17) is 9.84 Å². The zero-order chi connectivity index (χ0) is 14.8. The first kappa shape index (κ1) is 15.9. The third-order valence-corrected chi connectivity index (χ3v) is 6.13. The normalized spacial score (nSPS) is 17.8. The predicted molar refractivity (Wildman–Crippen MR) is 78.8 cm³/mol. The van der Waals surface area contributed by atoms with Crippen molar-refractivity contribution in [2.45, 2.75) is 36.4 Å². The van der Waals surface area contributed by atoms with Crippen LogP contribution in [-0.2, 0) is 21.4 Å². The second kappa shape index (κ2) is 6.11. The van der Waals surface area contributed by atoms with Crippen molar-refractivity contribution < 1.29 is 18.3 Å². The molecule has 5 nitrogen and oxygen atoms in total. The van der Waals surface area contributed by atoms with E-state index >= 15 is 0 Å². The van der Waals surface area contributed by atoms with Crippen molar-refractivity contribution in [3.8, 4) is 0 Å². The Morgan fingerprint density at radius 1 is 1.45 bits per heavy atom. The molecule has 0 aromatic heterocycles. The Bertz CT molecular complexity index is 579. The van der Waals surface area contributed by atoms with Gasteiger partial charge in [-0.15, -0.1) is 0 Å². The fraction of sp³-hybridized carbons (Fsp3) is 0.538. The van der Waals surface area contributed by atoms with Crippen molar-refractivity contribution in [1.82, 2.24) is 4.72 Å². The van der Waals surface area contributed by atoms with Gasteiger partial charge in [0.15, 0.2) is 0 Å². The Hall–Kier alpha value is -0.470. The minimum Gasteiger partial charge on any atom is -0.392 e. The second-order valence-electron chi connectivity index (χ2n) is 4.99. The lowest BCUT2D eigenvalue weighted by molar-refractivity contribution is -0.0659. The molecule has 0 radical (unpaired) electrons. The van der Waals surface area contributed by atoms with Crippen molar-refractivity contribution in [3.05, 3.63) is 28.2 Å². The monoisotopic (exact) mass is 363 g/mol. The number of sulfonamides is 1. The van der Waals surface area contributed by atoms with Gasteiger partial charge < -0.3 is 9.84 Å². The van der Waals surface area contributed by atoms with Gasteiger partial charge in [0.1, 0.15) is 0 Å². The van der Waals surface area contributed by atoms with Crippen LogP contribution in [0.15, 0.2) is 27.6 Å². The van der Waals surface area contributed by atoms with E-state index in [1.54, 1.807) is 19.2 Å². The van der Waals surface area contributed by atoms with Crippen LogP contribution in [0.3, 0.4) is 0 Å². The highest BCUT2D eigenvalue weighted by atomic mass is 79.9. The Kier molecular flexibility index (Phi) is 4.86. The molecule has 1 aliphatic rings. The van der Waals surface area contributed by atoms with Crippen molar-refractivity contribution >= 4 is 26.0 Å². The zero-order valence-electron chi connectivity index (χ0n) is 11.2. The van der Waals surface area contributed by atoms with E-state index in [9.17, 15) is 8.42 Å². The third kappa shape index (κ3) is 3.23. The van der Waals surface area contributed by atoms with E-state index in [-0.39, 0.29) is 23.6 Å². The van der Waals surface area contributed by atoms with Crippen molar-refractivity contribution in [2.75, 3.05) is 13.7 Å². The summed E-state index contributed by atoms with van der Waals surface area (Å²) in [6, 6.07) is 4.68. The van der Waals surface area contributed by atoms with E-state index in [0.717, 1.165) is 19.3 Å². The summed E-state index contributed by atoms with van der Waals surface area (Å²) in [5.41, 5.74) is 0.299. The number of hydrogen-bond donors (Lipinski definition) is 2. The van der Waals surface area contributed by atoms with Gasteiger partial charge >= 0.3 is 0 Å². The van der Waals surface area contributed by atoms with Gasteiger partial charge in [-0.25, -0.2) is 13.1 Å². The summed E-state index contributed by atoms with van der Waals surface area (Å²) in [5, 5.41) is 9.03. The van der Waals surface area contributed by atoms with Gasteiger partial charge in [0.2, 0.25) is 10.0 Å². The molecular formula is C13H18BrNO4S. The van der Waals surface area contributed by atoms with Gasteiger partial charge in [0.25, 0.3) is 0 Å². The highest BCUT2D eigenvalue weighted by Crippen LogP contribution is 2.34. The molecule has 2 N–H and O–H groups in total. The molecule has 0 heterocycles. The second-order valence-corrected chi connectivity index (χ2v) is 7.58. The molecule has 0 aliphatic heterocycles. The summed E-state index contributed by atoms with van der Waals surface area (Å²) >= 11 is 3.23. The van der Waals surface area contributed by atoms with Crippen molar-refractivity contribution in [2.24, 2.45) is 0 Å². The molecule has 0 atom stereocenters. The first-order valence-electron chi connectivity index (χ1n) is 6.36. The molecule has 0 amide bonds. The molecule has 0 spiro atoms. The number of benzene rings is 1. The number of ether oxygens (including phenoxy) is 1. The van der Waals surface area contributed by atoms with Crippen LogP contribution in [0, 0.1) is 0 Å². The number of rotatable bonds is 6. The maximum atomic E-state index is 12.3. The highest BCUT2D eigenvalue weighted by molar-refractivity contribution is 9.10. The summed E-state index contributed by atoms with van der Waals surface area (Å²) in [7, 11) is -1.98. The molecule has 1 aromatic rings. The summed E-state index contributed by atoms with van der Waals surface area (Å²) < 4.78 is 33.0. The summed E-state index contributed by atoms with van der Waals surface area (Å²) in [6.07, 6.45) is 2.80. The number of aliphatic hydroxyl groups is 1. The Labute approximate surface area is 127 Å². The molecule has 112 valence electrons. The van der Waals surface area contributed by atoms with Crippen molar-refractivity contribution in [3.63, 3.8) is 0 Å². The van der Waals surface area contributed by atoms with E-state index in [0.29, 0.717) is 10.0 Å². The number of hydrogen-bond acceptors (Lipinski definition) is 4. The van der Waals surface area contributed by atoms with Gasteiger partial charge in [-0.05, 0) is 52.9 Å². The van der Waals surface area contributed by atoms with Crippen LogP contribution in [0.1, 0.15) is 24.8 Å². The number of nitrogens with one attached hydrogen (secondary N) is 1. The quantitative estimate of drug-likeness (QED) is 0.807. The van der Waals surface area contributed by atoms with E-state index in [1.165, 1.54) is 6.07 Å². The Morgan fingerprint density at radius 2 is 2.15 bits per heavy atom. The smallest absolute Gasteiger partial charge is 0.241 e. The average Bonchev–Trinajstić information content (AvgIpc) is 2.37. The standard InChI is InChI=1S/C13H18BrNO4S/c1-19-13(5-2-6-13)9-15-20(17,18)12-4-3-10(8-16)7-11(12)14/h3-4,7,15-16H,2,5-6,8-9H2,1H3. The molecule has 0 bridgehead atoms. The van der Waals surface area contributed by atoms with Crippen molar-refractivity contribution in [1.29, 1.82) is 0 Å². The molecule has 2 rings (SSSR count). The van der Waals surface area contributed by atoms with Crippen LogP contribution < -0.4 is 4.72 Å². The minimum atomic E-state index is -3.59. The molecule has 1 aromatic carbocycles. The van der Waals surface area contributed by atoms with E-state index in [2.05, 4.69) is 20.7 Å². The first-order valence-corrected chi connectivity index (χ1v) is 8.64. The van der Waals surface area contributed by atoms with Crippen LogP contribution >= 0.6 is 15.9 Å². The molecule has 1 aliphatic carbocycles. The lowest BCUT2D eigenvalue weighted by Crippen LogP contribution is -2.49. The average molecular weight is 364 g/mol. The first-order chi connectivity index (χ1) is 9.42. The fourth-order valence-electron chi connectivity index (χ4n) is 2.19. The van der Waals surface area contributed by atoms with Gasteiger partial charge in [-0.2, -0.15) is 0 Å². The van der Waals surface area contributed by atoms with E-state index < -0.39 is 10.0 Å². The third-order valence-electron chi connectivity index (χ3n) is 3.75. The predicted octanol–water partition coefficient (Wildman–Crippen LogP) is 1.79.